The molecule has 10 heteroatoms. The molecular formula is C16H19N3O7. The van der Waals surface area contributed by atoms with Gasteiger partial charge in [0.2, 0.25) is 6.08 Å². The summed E-state index contributed by atoms with van der Waals surface area (Å²) in [7, 11) is 0. The number of nitrogens with one attached hydrogen (secondary N) is 2. The number of rotatable bonds is 9. The molecule has 0 radical (unpaired) electrons. The second-order valence-electron chi connectivity index (χ2n) is 5.37. The number of aliphatic hydroxyl groups excluding tert-OH is 1. The second-order valence-corrected chi connectivity index (χ2v) is 5.37. The number of furan rings is 1. The molecule has 0 saturated carbocycles. The van der Waals surface area contributed by atoms with Gasteiger partial charge in [-0.15, -0.1) is 0 Å². The van der Waals surface area contributed by atoms with E-state index in [1.54, 1.807) is 6.26 Å². The standard InChI is InChI=1S/C16H19N3O7/c1-10(24-5-3-17-9-21)6-11-8-25-13-7-12(19-14(11)13)15(22)26-16(23)18-2-4-20/h7-8,10,19-20H,2-6H2,1H3,(H,18,23). The van der Waals surface area contributed by atoms with Crippen molar-refractivity contribution in [2.24, 2.45) is 4.99 Å². The number of aliphatic hydroxyl groups is 1. The van der Waals surface area contributed by atoms with Crippen LogP contribution in [0.15, 0.2) is 21.7 Å². The molecule has 0 aliphatic rings. The Balaban J connectivity index is 1.97. The summed E-state index contributed by atoms with van der Waals surface area (Å²) in [5.74, 6) is -0.867. The van der Waals surface area contributed by atoms with E-state index < -0.39 is 12.1 Å². The summed E-state index contributed by atoms with van der Waals surface area (Å²) in [4.78, 5) is 39.5. The number of aliphatic imine (C=N–C) groups is 1. The number of alkyl carbamates (subject to hydrolysis) is 1. The number of H-pyrrole nitrogens is 1. The van der Waals surface area contributed by atoms with Gasteiger partial charge in [0.1, 0.15) is 5.69 Å². The van der Waals surface area contributed by atoms with Gasteiger partial charge in [0.25, 0.3) is 0 Å². The van der Waals surface area contributed by atoms with Gasteiger partial charge in [0, 0.05) is 24.6 Å². The second kappa shape index (κ2) is 9.52. The van der Waals surface area contributed by atoms with E-state index in [2.05, 4.69) is 20.0 Å². The minimum atomic E-state index is -0.949. The van der Waals surface area contributed by atoms with Gasteiger partial charge in [0.05, 0.1) is 37.6 Å². The van der Waals surface area contributed by atoms with E-state index in [9.17, 15) is 14.4 Å². The number of amides is 1. The molecule has 0 aromatic carbocycles. The summed E-state index contributed by atoms with van der Waals surface area (Å²) in [5.41, 5.74) is 1.90. The van der Waals surface area contributed by atoms with Crippen LogP contribution in [0.3, 0.4) is 0 Å². The number of nitrogens with zero attached hydrogens (tertiary/aromatic N) is 1. The first-order chi connectivity index (χ1) is 12.5. The quantitative estimate of drug-likeness (QED) is 0.197. The molecule has 2 aromatic heterocycles. The van der Waals surface area contributed by atoms with E-state index in [0.29, 0.717) is 24.1 Å². The summed E-state index contributed by atoms with van der Waals surface area (Å²) >= 11 is 0. The van der Waals surface area contributed by atoms with Crippen LogP contribution in [-0.2, 0) is 20.7 Å². The van der Waals surface area contributed by atoms with Gasteiger partial charge in [-0.2, -0.15) is 0 Å². The minimum Gasteiger partial charge on any atom is -0.462 e. The third-order valence-electron chi connectivity index (χ3n) is 3.39. The lowest BCUT2D eigenvalue weighted by Crippen LogP contribution is -2.29. The van der Waals surface area contributed by atoms with E-state index in [0.717, 1.165) is 5.56 Å². The Morgan fingerprint density at radius 1 is 1.50 bits per heavy atom. The van der Waals surface area contributed by atoms with E-state index >= 15 is 0 Å². The molecule has 26 heavy (non-hydrogen) atoms. The van der Waals surface area contributed by atoms with Gasteiger partial charge < -0.3 is 29.3 Å². The molecule has 0 aliphatic carbocycles. The third kappa shape index (κ3) is 5.28. The van der Waals surface area contributed by atoms with Crippen LogP contribution in [-0.4, -0.2) is 60.6 Å². The molecule has 1 unspecified atom stereocenters. The van der Waals surface area contributed by atoms with Crippen molar-refractivity contribution in [2.75, 3.05) is 26.3 Å². The average molecular weight is 365 g/mol. The Hall–Kier alpha value is -2.94. The van der Waals surface area contributed by atoms with Gasteiger partial charge in [-0.05, 0) is 6.92 Å². The number of aromatic amines is 1. The number of fused-ring (bicyclic) bond motifs is 1. The highest BCUT2D eigenvalue weighted by atomic mass is 16.6. The zero-order chi connectivity index (χ0) is 18.9. The largest absolute Gasteiger partial charge is 0.462 e. The van der Waals surface area contributed by atoms with Crippen LogP contribution < -0.4 is 5.32 Å². The molecule has 2 heterocycles. The van der Waals surface area contributed by atoms with Gasteiger partial charge in [0.15, 0.2) is 5.58 Å². The fourth-order valence-electron chi connectivity index (χ4n) is 2.27. The summed E-state index contributed by atoms with van der Waals surface area (Å²) in [5, 5.41) is 10.8. The first kappa shape index (κ1) is 19.4. The molecule has 1 atom stereocenters. The molecule has 0 bridgehead atoms. The predicted octanol–water partition coefficient (Wildman–Crippen LogP) is 0.903. The normalized spacial score (nSPS) is 11.8. The van der Waals surface area contributed by atoms with Crippen molar-refractivity contribution >= 4 is 29.2 Å². The highest BCUT2D eigenvalue weighted by molar-refractivity contribution is 5.98. The average Bonchev–Trinajstić information content (AvgIpc) is 3.19. The molecule has 0 spiro atoms. The number of carbonyl (C=O) groups excluding carboxylic acids is 3. The maximum absolute atomic E-state index is 11.9. The Morgan fingerprint density at radius 2 is 2.31 bits per heavy atom. The lowest BCUT2D eigenvalue weighted by Gasteiger charge is -2.10. The SMILES string of the molecule is CC(Cc1coc2cc(C(=O)OC(=O)NCCO)[nH]c12)OCCN=C=O. The lowest BCUT2D eigenvalue weighted by atomic mass is 10.1. The summed E-state index contributed by atoms with van der Waals surface area (Å²) < 4.78 is 15.5. The van der Waals surface area contributed by atoms with Crippen LogP contribution in [0.1, 0.15) is 23.0 Å². The van der Waals surface area contributed by atoms with E-state index in [4.69, 9.17) is 14.3 Å². The number of aromatic nitrogens is 1. The molecule has 10 nitrogen and oxygen atoms in total. The van der Waals surface area contributed by atoms with E-state index in [1.165, 1.54) is 12.1 Å². The topological polar surface area (TPSA) is 143 Å². The van der Waals surface area contributed by atoms with Crippen LogP contribution >= 0.6 is 0 Å². The van der Waals surface area contributed by atoms with Crippen LogP contribution in [0, 0.1) is 0 Å². The van der Waals surface area contributed by atoms with Gasteiger partial charge >= 0.3 is 12.1 Å². The molecule has 0 saturated heterocycles. The van der Waals surface area contributed by atoms with Crippen molar-refractivity contribution in [3.8, 4) is 0 Å². The highest BCUT2D eigenvalue weighted by Crippen LogP contribution is 2.23. The van der Waals surface area contributed by atoms with Crippen molar-refractivity contribution in [2.45, 2.75) is 19.4 Å². The van der Waals surface area contributed by atoms with Crippen molar-refractivity contribution in [3.05, 3.63) is 23.6 Å². The van der Waals surface area contributed by atoms with Crippen LogP contribution in [0.25, 0.3) is 11.1 Å². The minimum absolute atomic E-state index is 0.0145. The summed E-state index contributed by atoms with van der Waals surface area (Å²) in [6.45, 7) is 2.12. The van der Waals surface area contributed by atoms with Crippen LogP contribution in [0.4, 0.5) is 4.79 Å². The monoisotopic (exact) mass is 365 g/mol. The van der Waals surface area contributed by atoms with Crippen molar-refractivity contribution in [3.63, 3.8) is 0 Å². The van der Waals surface area contributed by atoms with Crippen molar-refractivity contribution in [1.29, 1.82) is 0 Å². The highest BCUT2D eigenvalue weighted by Gasteiger charge is 2.19. The molecule has 2 aromatic rings. The predicted molar refractivity (Wildman–Crippen MR) is 88.6 cm³/mol. The molecule has 140 valence electrons. The lowest BCUT2D eigenvalue weighted by molar-refractivity contribution is 0.0614. The van der Waals surface area contributed by atoms with Gasteiger partial charge in [-0.25, -0.2) is 19.4 Å². The third-order valence-corrected chi connectivity index (χ3v) is 3.39. The fraction of sp³-hybridized carbons (Fsp3) is 0.438. The fourth-order valence-corrected chi connectivity index (χ4v) is 2.27. The Bertz CT molecular complexity index is 804. The summed E-state index contributed by atoms with van der Waals surface area (Å²) in [6.07, 6.45) is 2.38. The molecule has 1 amide bonds. The Morgan fingerprint density at radius 3 is 3.04 bits per heavy atom. The number of esters is 1. The Labute approximate surface area is 148 Å². The first-order valence-electron chi connectivity index (χ1n) is 7.90. The maximum atomic E-state index is 11.9. The molecular weight excluding hydrogens is 346 g/mol. The number of carbonyl (C=O) groups is 2. The van der Waals surface area contributed by atoms with Gasteiger partial charge in [-0.3, -0.25) is 0 Å². The van der Waals surface area contributed by atoms with Crippen molar-refractivity contribution in [1.82, 2.24) is 10.3 Å². The first-order valence-corrected chi connectivity index (χ1v) is 7.90. The van der Waals surface area contributed by atoms with Gasteiger partial charge in [-0.1, -0.05) is 0 Å². The van der Waals surface area contributed by atoms with Crippen LogP contribution in [0.2, 0.25) is 0 Å². The maximum Gasteiger partial charge on any atom is 0.415 e. The van der Waals surface area contributed by atoms with E-state index in [-0.39, 0.29) is 31.5 Å². The zero-order valence-electron chi connectivity index (χ0n) is 14.1. The molecule has 3 N–H and O–H groups in total. The zero-order valence-corrected chi connectivity index (χ0v) is 14.1. The molecule has 0 aliphatic heterocycles. The van der Waals surface area contributed by atoms with Crippen molar-refractivity contribution < 1.29 is 33.4 Å². The number of isocyanates is 1. The number of hydrogen-bond donors (Lipinski definition) is 3. The smallest absolute Gasteiger partial charge is 0.415 e. The van der Waals surface area contributed by atoms with E-state index in [1.807, 2.05) is 6.92 Å². The summed E-state index contributed by atoms with van der Waals surface area (Å²) in [6, 6.07) is 1.44. The molecule has 0 fully saturated rings. The molecule has 2 rings (SSSR count). The van der Waals surface area contributed by atoms with Crippen LogP contribution in [0.5, 0.6) is 0 Å². The number of ether oxygens (including phenoxy) is 2. The number of hydrogen-bond acceptors (Lipinski definition) is 8. The Kier molecular flexibility index (Phi) is 7.10.